The van der Waals surface area contributed by atoms with Crippen molar-refractivity contribution in [1.29, 1.82) is 0 Å². The lowest BCUT2D eigenvalue weighted by Gasteiger charge is -2.14. The van der Waals surface area contributed by atoms with Crippen LogP contribution < -0.4 is 5.73 Å². The van der Waals surface area contributed by atoms with Gasteiger partial charge in [-0.25, -0.2) is 0 Å². The second kappa shape index (κ2) is 4.52. The zero-order valence-electron chi connectivity index (χ0n) is 8.01. The predicted molar refractivity (Wildman–Crippen MR) is 54.5 cm³/mol. The van der Waals surface area contributed by atoms with Gasteiger partial charge in [0.15, 0.2) is 11.9 Å². The molecule has 5 nitrogen and oxygen atoms in total. The van der Waals surface area contributed by atoms with E-state index in [2.05, 4.69) is 0 Å². The number of hydrogen-bond donors (Lipinski definition) is 3. The normalized spacial score (nSPS) is 14.6. The van der Waals surface area contributed by atoms with Gasteiger partial charge >= 0.3 is 0 Å². The fourth-order valence-corrected chi connectivity index (χ4v) is 2.01. The van der Waals surface area contributed by atoms with Crippen molar-refractivity contribution in [2.24, 2.45) is 5.73 Å². The van der Waals surface area contributed by atoms with Gasteiger partial charge in [-0.2, -0.15) is 0 Å². The molecule has 0 saturated carbocycles. The van der Waals surface area contributed by atoms with Crippen LogP contribution >= 0.6 is 11.3 Å². The molecule has 0 bridgehead atoms. The highest BCUT2D eigenvalue weighted by Crippen LogP contribution is 2.26. The topological polar surface area (TPSA) is 101 Å². The Morgan fingerprint density at radius 2 is 2.07 bits per heavy atom. The Bertz CT molecular complexity index is 387. The van der Waals surface area contributed by atoms with Crippen LogP contribution in [0.1, 0.15) is 28.3 Å². The molecule has 0 radical (unpaired) electrons. The van der Waals surface area contributed by atoms with E-state index in [4.69, 9.17) is 5.73 Å². The van der Waals surface area contributed by atoms with Gasteiger partial charge in [-0.05, 0) is 18.4 Å². The van der Waals surface area contributed by atoms with Crippen molar-refractivity contribution < 1.29 is 19.8 Å². The molecule has 1 aromatic rings. The molecular weight excluding hydrogens is 218 g/mol. The second-order valence-electron chi connectivity index (χ2n) is 3.05. The van der Waals surface area contributed by atoms with Gasteiger partial charge in [0.2, 0.25) is 5.91 Å². The number of Topliss-reactive ketones (excluding diaryl/α,β-unsaturated/α-hetero) is 1. The Hall–Kier alpha value is -1.24. The minimum Gasteiger partial charge on any atom is -0.385 e. The maximum atomic E-state index is 11.1. The number of aliphatic hydroxyl groups excluding tert-OH is 2. The minimum absolute atomic E-state index is 0.226. The number of amides is 1. The summed E-state index contributed by atoms with van der Waals surface area (Å²) in [6, 6.07) is 1.48. The van der Waals surface area contributed by atoms with E-state index < -0.39 is 18.1 Å². The first-order valence-electron chi connectivity index (χ1n) is 4.19. The van der Waals surface area contributed by atoms with Crippen LogP contribution in [0.2, 0.25) is 0 Å². The molecule has 6 heteroatoms. The van der Waals surface area contributed by atoms with E-state index in [1.807, 2.05) is 0 Å². The average molecular weight is 229 g/mol. The zero-order chi connectivity index (χ0) is 11.6. The molecule has 0 aromatic carbocycles. The van der Waals surface area contributed by atoms with Gasteiger partial charge in [0.1, 0.15) is 6.10 Å². The van der Waals surface area contributed by atoms with E-state index >= 15 is 0 Å². The summed E-state index contributed by atoms with van der Waals surface area (Å²) in [5.41, 5.74) is 5.07. The highest BCUT2D eigenvalue weighted by Gasteiger charge is 2.27. The predicted octanol–water partition coefficient (Wildman–Crippen LogP) is -0.170. The lowest BCUT2D eigenvalue weighted by atomic mass is 10.0. The molecule has 0 fully saturated rings. The zero-order valence-corrected chi connectivity index (χ0v) is 8.82. The molecule has 2 unspecified atom stereocenters. The number of primary amides is 1. The molecular formula is C9H11NO4S. The van der Waals surface area contributed by atoms with Gasteiger partial charge in [0.05, 0.1) is 4.88 Å². The van der Waals surface area contributed by atoms with Crippen LogP contribution in [-0.2, 0) is 4.79 Å². The minimum atomic E-state index is -1.70. The summed E-state index contributed by atoms with van der Waals surface area (Å²) in [5.74, 6) is -1.25. The van der Waals surface area contributed by atoms with Crippen molar-refractivity contribution in [3.8, 4) is 0 Å². The first kappa shape index (κ1) is 11.8. The second-order valence-corrected chi connectivity index (χ2v) is 3.97. The van der Waals surface area contributed by atoms with Gasteiger partial charge in [-0.15, -0.1) is 11.3 Å². The Balaban J connectivity index is 3.00. The third-order valence-electron chi connectivity index (χ3n) is 1.92. The van der Waals surface area contributed by atoms with Crippen LogP contribution in [0.3, 0.4) is 0 Å². The fraction of sp³-hybridized carbons (Fsp3) is 0.333. The number of hydrogen-bond acceptors (Lipinski definition) is 5. The van der Waals surface area contributed by atoms with Crippen molar-refractivity contribution in [3.05, 3.63) is 21.9 Å². The fourth-order valence-electron chi connectivity index (χ4n) is 1.16. The van der Waals surface area contributed by atoms with Gasteiger partial charge in [0, 0.05) is 5.56 Å². The Morgan fingerprint density at radius 3 is 2.53 bits per heavy atom. The number of nitrogens with two attached hydrogens (primary N) is 1. The average Bonchev–Trinajstić information content (AvgIpc) is 2.63. The number of thiophene rings is 1. The Kier molecular flexibility index (Phi) is 3.57. The molecule has 2 atom stereocenters. The number of rotatable bonds is 4. The maximum absolute atomic E-state index is 11.1. The summed E-state index contributed by atoms with van der Waals surface area (Å²) in [6.07, 6.45) is -3.15. The molecule has 82 valence electrons. The van der Waals surface area contributed by atoms with E-state index in [9.17, 15) is 19.8 Å². The van der Waals surface area contributed by atoms with Crippen LogP contribution in [-0.4, -0.2) is 28.0 Å². The number of ketones is 1. The first-order valence-corrected chi connectivity index (χ1v) is 5.07. The third-order valence-corrected chi connectivity index (χ3v) is 2.96. The first-order chi connectivity index (χ1) is 6.95. The Labute approximate surface area is 90.1 Å². The maximum Gasteiger partial charge on any atom is 0.249 e. The molecule has 1 heterocycles. The van der Waals surface area contributed by atoms with Crippen molar-refractivity contribution in [3.63, 3.8) is 0 Å². The molecule has 1 aromatic heterocycles. The summed E-state index contributed by atoms with van der Waals surface area (Å²) in [4.78, 5) is 22.1. The van der Waals surface area contributed by atoms with Gasteiger partial charge < -0.3 is 15.9 Å². The van der Waals surface area contributed by atoms with Crippen LogP contribution in [0.25, 0.3) is 0 Å². The van der Waals surface area contributed by atoms with Crippen LogP contribution in [0, 0.1) is 0 Å². The lowest BCUT2D eigenvalue weighted by Crippen LogP contribution is -2.34. The van der Waals surface area contributed by atoms with Crippen LogP contribution in [0.15, 0.2) is 11.4 Å². The molecule has 1 amide bonds. The van der Waals surface area contributed by atoms with Gasteiger partial charge in [0.25, 0.3) is 0 Å². The molecule has 0 aliphatic heterocycles. The summed E-state index contributed by atoms with van der Waals surface area (Å²) in [5, 5.41) is 20.4. The SMILES string of the molecule is CC(=O)c1sccc1C(O)C(O)C(N)=O. The molecule has 1 rings (SSSR count). The molecule has 15 heavy (non-hydrogen) atoms. The largest absolute Gasteiger partial charge is 0.385 e. The number of carbonyl (C=O) groups is 2. The van der Waals surface area contributed by atoms with E-state index in [0.717, 1.165) is 11.3 Å². The molecule has 0 aliphatic rings. The smallest absolute Gasteiger partial charge is 0.249 e. The van der Waals surface area contributed by atoms with E-state index in [1.54, 1.807) is 5.38 Å². The van der Waals surface area contributed by atoms with Crippen molar-refractivity contribution in [1.82, 2.24) is 0 Å². The monoisotopic (exact) mass is 229 g/mol. The summed E-state index contributed by atoms with van der Waals surface area (Å²) in [6.45, 7) is 1.35. The van der Waals surface area contributed by atoms with Crippen LogP contribution in [0.5, 0.6) is 0 Å². The number of aliphatic hydroxyl groups is 2. The lowest BCUT2D eigenvalue weighted by molar-refractivity contribution is -0.131. The van der Waals surface area contributed by atoms with Crippen LogP contribution in [0.4, 0.5) is 0 Å². The van der Waals surface area contributed by atoms with E-state index in [-0.39, 0.29) is 11.3 Å². The van der Waals surface area contributed by atoms with Crippen molar-refractivity contribution in [2.45, 2.75) is 19.1 Å². The summed E-state index contributed by atoms with van der Waals surface area (Å²) >= 11 is 1.14. The quantitative estimate of drug-likeness (QED) is 0.624. The molecule has 0 saturated heterocycles. The molecule has 0 spiro atoms. The highest BCUT2D eigenvalue weighted by molar-refractivity contribution is 7.12. The van der Waals surface area contributed by atoms with Gasteiger partial charge in [-0.3, -0.25) is 9.59 Å². The van der Waals surface area contributed by atoms with Crippen molar-refractivity contribution in [2.75, 3.05) is 0 Å². The van der Waals surface area contributed by atoms with E-state index in [1.165, 1.54) is 13.0 Å². The highest BCUT2D eigenvalue weighted by atomic mass is 32.1. The standard InChI is InChI=1S/C9H11NO4S/c1-4(11)8-5(2-3-15-8)6(12)7(13)9(10)14/h2-3,6-7,12-13H,1H3,(H2,10,14). The summed E-state index contributed by atoms with van der Waals surface area (Å²) in [7, 11) is 0. The molecule has 0 aliphatic carbocycles. The van der Waals surface area contributed by atoms with Crippen molar-refractivity contribution >= 4 is 23.0 Å². The van der Waals surface area contributed by atoms with Gasteiger partial charge in [-0.1, -0.05) is 0 Å². The Morgan fingerprint density at radius 1 is 1.47 bits per heavy atom. The summed E-state index contributed by atoms with van der Waals surface area (Å²) < 4.78 is 0. The molecule has 4 N–H and O–H groups in total. The third kappa shape index (κ3) is 2.41. The van der Waals surface area contributed by atoms with E-state index in [0.29, 0.717) is 4.88 Å². The number of carbonyl (C=O) groups excluding carboxylic acids is 2.